The molecular formula is C12H12FN3O. The molecule has 1 N–H and O–H groups in total. The van der Waals surface area contributed by atoms with Gasteiger partial charge in [0.2, 0.25) is 0 Å². The molecule has 0 aliphatic rings. The van der Waals surface area contributed by atoms with Crippen molar-refractivity contribution in [2.75, 3.05) is 19.5 Å². The molecule has 0 radical (unpaired) electrons. The second-order valence-corrected chi connectivity index (χ2v) is 3.40. The third-order valence-corrected chi connectivity index (χ3v) is 2.37. The van der Waals surface area contributed by atoms with Gasteiger partial charge < -0.3 is 10.1 Å². The number of methoxy groups -OCH3 is 1. The molecular weight excluding hydrogens is 221 g/mol. The average molecular weight is 233 g/mol. The minimum absolute atomic E-state index is 0.379. The first-order valence-corrected chi connectivity index (χ1v) is 5.10. The maximum Gasteiger partial charge on any atom is 0.148 e. The van der Waals surface area contributed by atoms with Crippen LogP contribution in [-0.4, -0.2) is 24.4 Å². The molecule has 2 aromatic rings. The van der Waals surface area contributed by atoms with Gasteiger partial charge in [-0.25, -0.2) is 4.39 Å². The van der Waals surface area contributed by atoms with E-state index < -0.39 is 0 Å². The zero-order valence-corrected chi connectivity index (χ0v) is 9.57. The van der Waals surface area contributed by atoms with Gasteiger partial charge >= 0.3 is 0 Å². The Balaban J connectivity index is 2.38. The first-order valence-electron chi connectivity index (χ1n) is 5.10. The van der Waals surface area contributed by atoms with Crippen LogP contribution in [0, 0.1) is 5.82 Å². The number of ether oxygens (including phenoxy) is 1. The second kappa shape index (κ2) is 4.78. The minimum Gasteiger partial charge on any atom is -0.497 e. The SMILES string of the molecule is CNc1ccc(-c2ccc(OC)cc2F)nn1. The predicted octanol–water partition coefficient (Wildman–Crippen LogP) is 2.33. The summed E-state index contributed by atoms with van der Waals surface area (Å²) in [6.07, 6.45) is 0. The highest BCUT2D eigenvalue weighted by Gasteiger charge is 2.08. The summed E-state index contributed by atoms with van der Waals surface area (Å²) in [7, 11) is 3.24. The van der Waals surface area contributed by atoms with Crippen molar-refractivity contribution in [3.63, 3.8) is 0 Å². The van der Waals surface area contributed by atoms with E-state index in [-0.39, 0.29) is 5.82 Å². The number of halogens is 1. The normalized spacial score (nSPS) is 10.1. The number of benzene rings is 1. The largest absolute Gasteiger partial charge is 0.497 e. The first-order chi connectivity index (χ1) is 8.24. The van der Waals surface area contributed by atoms with Crippen molar-refractivity contribution in [3.8, 4) is 17.0 Å². The van der Waals surface area contributed by atoms with E-state index in [2.05, 4.69) is 15.5 Å². The summed E-state index contributed by atoms with van der Waals surface area (Å²) in [6.45, 7) is 0. The molecule has 0 spiro atoms. The van der Waals surface area contributed by atoms with Crippen LogP contribution in [0.4, 0.5) is 10.2 Å². The lowest BCUT2D eigenvalue weighted by Crippen LogP contribution is -1.96. The number of hydrogen-bond acceptors (Lipinski definition) is 4. The molecule has 1 aromatic heterocycles. The lowest BCUT2D eigenvalue weighted by molar-refractivity contribution is 0.411. The Morgan fingerprint density at radius 1 is 1.18 bits per heavy atom. The Bertz CT molecular complexity index is 514. The van der Waals surface area contributed by atoms with Crippen LogP contribution in [-0.2, 0) is 0 Å². The predicted molar refractivity (Wildman–Crippen MR) is 63.5 cm³/mol. The zero-order chi connectivity index (χ0) is 12.3. The molecule has 1 aromatic carbocycles. The van der Waals surface area contributed by atoms with Crippen molar-refractivity contribution in [2.45, 2.75) is 0 Å². The molecule has 2 rings (SSSR count). The third kappa shape index (κ3) is 2.33. The van der Waals surface area contributed by atoms with E-state index in [4.69, 9.17) is 4.74 Å². The van der Waals surface area contributed by atoms with Crippen molar-refractivity contribution < 1.29 is 9.13 Å². The number of hydrogen-bond donors (Lipinski definition) is 1. The maximum atomic E-state index is 13.7. The van der Waals surface area contributed by atoms with Gasteiger partial charge in [-0.3, -0.25) is 0 Å². The van der Waals surface area contributed by atoms with Gasteiger partial charge in [0.15, 0.2) is 0 Å². The molecule has 17 heavy (non-hydrogen) atoms. The van der Waals surface area contributed by atoms with Crippen molar-refractivity contribution in [3.05, 3.63) is 36.1 Å². The number of rotatable bonds is 3. The minimum atomic E-state index is -0.379. The lowest BCUT2D eigenvalue weighted by Gasteiger charge is -2.05. The topological polar surface area (TPSA) is 47.0 Å². The second-order valence-electron chi connectivity index (χ2n) is 3.40. The monoisotopic (exact) mass is 233 g/mol. The Labute approximate surface area is 98.5 Å². The van der Waals surface area contributed by atoms with Crippen molar-refractivity contribution >= 4 is 5.82 Å². The fraction of sp³-hybridized carbons (Fsp3) is 0.167. The molecule has 0 saturated heterocycles. The van der Waals surface area contributed by atoms with Crippen LogP contribution in [0.5, 0.6) is 5.75 Å². The standard InChI is InChI=1S/C12H12FN3O/c1-14-12-6-5-11(15-16-12)9-4-3-8(17-2)7-10(9)13/h3-7H,1-2H3,(H,14,16). The summed E-state index contributed by atoms with van der Waals surface area (Å²) in [5, 5.41) is 10.7. The summed E-state index contributed by atoms with van der Waals surface area (Å²) in [5.41, 5.74) is 0.894. The number of nitrogens with one attached hydrogen (secondary N) is 1. The molecule has 0 bridgehead atoms. The van der Waals surface area contributed by atoms with Crippen LogP contribution in [0.25, 0.3) is 11.3 Å². The van der Waals surface area contributed by atoms with Crippen LogP contribution in [0.1, 0.15) is 0 Å². The van der Waals surface area contributed by atoms with E-state index in [1.165, 1.54) is 13.2 Å². The van der Waals surface area contributed by atoms with Gasteiger partial charge in [-0.2, -0.15) is 0 Å². The lowest BCUT2D eigenvalue weighted by atomic mass is 10.1. The Morgan fingerprint density at radius 3 is 2.53 bits per heavy atom. The van der Waals surface area contributed by atoms with E-state index in [1.807, 2.05) is 0 Å². The van der Waals surface area contributed by atoms with Gasteiger partial charge in [-0.1, -0.05) is 0 Å². The molecule has 0 atom stereocenters. The van der Waals surface area contributed by atoms with E-state index in [0.717, 1.165) is 0 Å². The van der Waals surface area contributed by atoms with E-state index in [9.17, 15) is 4.39 Å². The molecule has 0 fully saturated rings. The van der Waals surface area contributed by atoms with Gasteiger partial charge in [0.1, 0.15) is 17.4 Å². The summed E-state index contributed by atoms with van der Waals surface area (Å²) in [5.74, 6) is 0.740. The van der Waals surface area contributed by atoms with Gasteiger partial charge in [0.05, 0.1) is 12.8 Å². The van der Waals surface area contributed by atoms with Crippen molar-refractivity contribution in [1.29, 1.82) is 0 Å². The zero-order valence-electron chi connectivity index (χ0n) is 9.57. The van der Waals surface area contributed by atoms with Gasteiger partial charge in [0.25, 0.3) is 0 Å². The quantitative estimate of drug-likeness (QED) is 0.883. The summed E-state index contributed by atoms with van der Waals surface area (Å²) in [6, 6.07) is 8.09. The van der Waals surface area contributed by atoms with Crippen LogP contribution in [0.3, 0.4) is 0 Å². The highest BCUT2D eigenvalue weighted by molar-refractivity contribution is 5.61. The van der Waals surface area contributed by atoms with Crippen LogP contribution in [0.2, 0.25) is 0 Å². The molecule has 0 amide bonds. The van der Waals surface area contributed by atoms with E-state index in [1.54, 1.807) is 31.3 Å². The summed E-state index contributed by atoms with van der Waals surface area (Å²) < 4.78 is 18.7. The molecule has 4 nitrogen and oxygen atoms in total. The first kappa shape index (κ1) is 11.3. The fourth-order valence-corrected chi connectivity index (χ4v) is 1.44. The highest BCUT2D eigenvalue weighted by atomic mass is 19.1. The van der Waals surface area contributed by atoms with Crippen LogP contribution in [0.15, 0.2) is 30.3 Å². The molecule has 0 saturated carbocycles. The molecule has 5 heteroatoms. The van der Waals surface area contributed by atoms with Crippen molar-refractivity contribution in [2.24, 2.45) is 0 Å². The molecule has 0 unspecified atom stereocenters. The van der Waals surface area contributed by atoms with Gasteiger partial charge in [-0.05, 0) is 24.3 Å². The molecule has 0 aliphatic carbocycles. The van der Waals surface area contributed by atoms with Crippen LogP contribution < -0.4 is 10.1 Å². The van der Waals surface area contributed by atoms with Crippen molar-refractivity contribution in [1.82, 2.24) is 10.2 Å². The summed E-state index contributed by atoms with van der Waals surface area (Å²) >= 11 is 0. The molecule has 88 valence electrons. The van der Waals surface area contributed by atoms with Gasteiger partial charge in [0, 0.05) is 18.7 Å². The van der Waals surface area contributed by atoms with Crippen LogP contribution >= 0.6 is 0 Å². The average Bonchev–Trinajstić information content (AvgIpc) is 2.39. The molecule has 1 heterocycles. The van der Waals surface area contributed by atoms with Gasteiger partial charge in [-0.15, -0.1) is 10.2 Å². The Hall–Kier alpha value is -2.17. The van der Waals surface area contributed by atoms with E-state index >= 15 is 0 Å². The smallest absolute Gasteiger partial charge is 0.148 e. The van der Waals surface area contributed by atoms with E-state index in [0.29, 0.717) is 22.8 Å². The Morgan fingerprint density at radius 2 is 2.00 bits per heavy atom. The third-order valence-electron chi connectivity index (χ3n) is 2.37. The molecule has 0 aliphatic heterocycles. The Kier molecular flexibility index (Phi) is 3.18. The fourth-order valence-electron chi connectivity index (χ4n) is 1.44. The maximum absolute atomic E-state index is 13.7. The highest BCUT2D eigenvalue weighted by Crippen LogP contribution is 2.24. The number of nitrogens with zero attached hydrogens (tertiary/aromatic N) is 2. The number of aromatic nitrogens is 2. The number of anilines is 1. The summed E-state index contributed by atoms with van der Waals surface area (Å²) in [4.78, 5) is 0.